The summed E-state index contributed by atoms with van der Waals surface area (Å²) in [4.78, 5) is 12.4. The van der Waals surface area contributed by atoms with Gasteiger partial charge >= 0.3 is 5.97 Å². The zero-order valence-electron chi connectivity index (χ0n) is 14.9. The largest absolute Gasteiger partial charge is 0.465 e. The molecule has 2 unspecified atom stereocenters. The van der Waals surface area contributed by atoms with Crippen LogP contribution in [0.15, 0.2) is 54.6 Å². The Morgan fingerprint density at radius 3 is 2.74 bits per heavy atom. The van der Waals surface area contributed by atoms with Crippen molar-refractivity contribution in [1.82, 2.24) is 0 Å². The first-order chi connectivity index (χ1) is 13.0. The predicted octanol–water partition coefficient (Wildman–Crippen LogP) is 5.66. The number of hydrogen-bond acceptors (Lipinski definition) is 3. The highest BCUT2D eigenvalue weighted by Gasteiger charge is 2.55. The molecule has 0 radical (unpaired) electrons. The number of nitrogens with one attached hydrogen (secondary N) is 1. The Bertz CT molecular complexity index is 894. The van der Waals surface area contributed by atoms with Crippen LogP contribution in [0.3, 0.4) is 0 Å². The summed E-state index contributed by atoms with van der Waals surface area (Å²) in [5.74, 6) is 0.198. The Morgan fingerprint density at radius 1 is 1.19 bits per heavy atom. The van der Waals surface area contributed by atoms with Crippen LogP contribution in [-0.2, 0) is 22.5 Å². The second-order valence-corrected chi connectivity index (χ2v) is 8.31. The van der Waals surface area contributed by atoms with Crippen LogP contribution in [0.2, 0.25) is 10.0 Å². The highest BCUT2D eigenvalue weighted by Crippen LogP contribution is 2.52. The Morgan fingerprint density at radius 2 is 1.96 bits per heavy atom. The summed E-state index contributed by atoms with van der Waals surface area (Å²) >= 11 is 12.3. The molecular weight excluding hydrogens is 381 g/mol. The van der Waals surface area contributed by atoms with Gasteiger partial charge in [-0.3, -0.25) is 4.79 Å². The Hall–Kier alpha value is -1.97. The van der Waals surface area contributed by atoms with Crippen molar-refractivity contribution in [2.75, 3.05) is 11.9 Å². The Balaban J connectivity index is 1.44. The number of carbonyl (C=O) groups is 1. The molecule has 2 aliphatic rings. The predicted molar refractivity (Wildman–Crippen MR) is 109 cm³/mol. The van der Waals surface area contributed by atoms with E-state index < -0.39 is 5.41 Å². The zero-order chi connectivity index (χ0) is 19.0. The van der Waals surface area contributed by atoms with Crippen LogP contribution < -0.4 is 5.32 Å². The lowest BCUT2D eigenvalue weighted by Crippen LogP contribution is -2.31. The second kappa shape index (κ2) is 7.21. The minimum Gasteiger partial charge on any atom is -0.465 e. The highest BCUT2D eigenvalue weighted by molar-refractivity contribution is 6.42. The molecule has 0 amide bonds. The quantitative estimate of drug-likeness (QED) is 0.518. The normalized spacial score (nSPS) is 24.0. The van der Waals surface area contributed by atoms with E-state index in [0.717, 1.165) is 35.2 Å². The number of carbonyl (C=O) groups excluding carboxylic acids is 1. The number of ether oxygens (including phenoxy) is 1. The van der Waals surface area contributed by atoms with Crippen molar-refractivity contribution in [2.45, 2.75) is 25.8 Å². The van der Waals surface area contributed by atoms with E-state index in [1.165, 1.54) is 0 Å². The third-order valence-corrected chi connectivity index (χ3v) is 6.55. The summed E-state index contributed by atoms with van der Waals surface area (Å²) < 4.78 is 5.36. The maximum absolute atomic E-state index is 12.4. The third kappa shape index (κ3) is 3.46. The molecule has 1 saturated heterocycles. The second-order valence-electron chi connectivity index (χ2n) is 7.52. The average molecular weight is 402 g/mol. The first-order valence-corrected chi connectivity index (χ1v) is 9.83. The van der Waals surface area contributed by atoms with Crippen molar-refractivity contribution >= 4 is 34.9 Å². The zero-order valence-corrected chi connectivity index (χ0v) is 16.4. The van der Waals surface area contributed by atoms with E-state index in [1.54, 1.807) is 6.07 Å². The van der Waals surface area contributed by atoms with Gasteiger partial charge in [0.15, 0.2) is 0 Å². The Kier molecular flexibility index (Phi) is 4.92. The van der Waals surface area contributed by atoms with Gasteiger partial charge in [0, 0.05) is 18.2 Å². The molecule has 0 bridgehead atoms. The SMILES string of the molecule is C=C1CC2COC(=O)C2(Cc2ccc(NCc3cccc(Cl)c3Cl)cc2)C1. The molecule has 1 N–H and O–H groups in total. The van der Waals surface area contributed by atoms with Gasteiger partial charge in [-0.05, 0) is 48.6 Å². The monoisotopic (exact) mass is 401 g/mol. The van der Waals surface area contributed by atoms with E-state index in [2.05, 4.69) is 24.0 Å². The summed E-state index contributed by atoms with van der Waals surface area (Å²) in [5, 5.41) is 4.50. The summed E-state index contributed by atoms with van der Waals surface area (Å²) in [7, 11) is 0. The van der Waals surface area contributed by atoms with Gasteiger partial charge < -0.3 is 10.1 Å². The third-order valence-electron chi connectivity index (χ3n) is 5.69. The highest BCUT2D eigenvalue weighted by atomic mass is 35.5. The number of halogens is 2. The number of hydrogen-bond donors (Lipinski definition) is 1. The number of esters is 1. The standard InChI is InChI=1S/C22H21Cl2NO2/c1-14-9-17-13-27-21(26)22(17,10-14)11-15-5-7-18(8-6-15)25-12-16-3-2-4-19(23)20(16)24/h2-8,17,25H,1,9-13H2. The molecule has 2 aromatic rings. The van der Waals surface area contributed by atoms with E-state index in [-0.39, 0.29) is 11.9 Å². The fraction of sp³-hybridized carbons (Fsp3) is 0.318. The van der Waals surface area contributed by atoms with E-state index >= 15 is 0 Å². The van der Waals surface area contributed by atoms with Crippen molar-refractivity contribution < 1.29 is 9.53 Å². The minimum atomic E-state index is -0.416. The van der Waals surface area contributed by atoms with Gasteiger partial charge in [0.2, 0.25) is 0 Å². The number of allylic oxidation sites excluding steroid dienone is 1. The lowest BCUT2D eigenvalue weighted by atomic mass is 9.75. The molecule has 140 valence electrons. The van der Waals surface area contributed by atoms with Crippen LogP contribution >= 0.6 is 23.2 Å². The summed E-state index contributed by atoms with van der Waals surface area (Å²) in [6.45, 7) is 5.22. The molecule has 2 aromatic carbocycles. The number of benzene rings is 2. The van der Waals surface area contributed by atoms with Gasteiger partial charge in [-0.2, -0.15) is 0 Å². The number of fused-ring (bicyclic) bond motifs is 1. The van der Waals surface area contributed by atoms with Crippen LogP contribution in [-0.4, -0.2) is 12.6 Å². The smallest absolute Gasteiger partial charge is 0.313 e. The van der Waals surface area contributed by atoms with Gasteiger partial charge in [-0.25, -0.2) is 0 Å². The molecule has 0 aromatic heterocycles. The van der Waals surface area contributed by atoms with Crippen molar-refractivity contribution in [2.24, 2.45) is 11.3 Å². The van der Waals surface area contributed by atoms with Crippen molar-refractivity contribution in [3.8, 4) is 0 Å². The average Bonchev–Trinajstić information content (AvgIpc) is 3.12. The van der Waals surface area contributed by atoms with Crippen molar-refractivity contribution in [3.05, 3.63) is 75.8 Å². The molecular formula is C22H21Cl2NO2. The topological polar surface area (TPSA) is 38.3 Å². The van der Waals surface area contributed by atoms with E-state index in [1.807, 2.05) is 24.3 Å². The number of rotatable bonds is 5. The molecule has 27 heavy (non-hydrogen) atoms. The van der Waals surface area contributed by atoms with Crippen molar-refractivity contribution in [1.29, 1.82) is 0 Å². The lowest BCUT2D eigenvalue weighted by molar-refractivity contribution is -0.146. The van der Waals surface area contributed by atoms with Gasteiger partial charge in [0.25, 0.3) is 0 Å². The molecule has 3 nitrogen and oxygen atoms in total. The fourth-order valence-corrected chi connectivity index (χ4v) is 4.64. The van der Waals surface area contributed by atoms with Crippen LogP contribution in [0, 0.1) is 11.3 Å². The molecule has 1 saturated carbocycles. The van der Waals surface area contributed by atoms with Crippen LogP contribution in [0.1, 0.15) is 24.0 Å². The van der Waals surface area contributed by atoms with Gasteiger partial charge in [-0.1, -0.05) is 59.6 Å². The first-order valence-electron chi connectivity index (χ1n) is 9.07. The van der Waals surface area contributed by atoms with Gasteiger partial charge in [0.1, 0.15) is 0 Å². The lowest BCUT2D eigenvalue weighted by Gasteiger charge is -2.24. The fourth-order valence-electron chi connectivity index (χ4n) is 4.25. The Labute approximate surface area is 169 Å². The van der Waals surface area contributed by atoms with Gasteiger partial charge in [-0.15, -0.1) is 0 Å². The minimum absolute atomic E-state index is 0.0658. The van der Waals surface area contributed by atoms with Crippen LogP contribution in [0.25, 0.3) is 0 Å². The molecule has 2 atom stereocenters. The number of anilines is 1. The van der Waals surface area contributed by atoms with Crippen LogP contribution in [0.4, 0.5) is 5.69 Å². The van der Waals surface area contributed by atoms with E-state index in [4.69, 9.17) is 27.9 Å². The molecule has 5 heteroatoms. The summed E-state index contributed by atoms with van der Waals surface area (Å²) in [6.07, 6.45) is 2.34. The maximum Gasteiger partial charge on any atom is 0.313 e. The number of cyclic esters (lactones) is 1. The molecule has 1 heterocycles. The molecule has 4 rings (SSSR count). The van der Waals surface area contributed by atoms with Gasteiger partial charge in [0.05, 0.1) is 22.1 Å². The molecule has 1 aliphatic heterocycles. The van der Waals surface area contributed by atoms with Crippen molar-refractivity contribution in [3.63, 3.8) is 0 Å². The molecule has 1 aliphatic carbocycles. The molecule has 0 spiro atoms. The summed E-state index contributed by atoms with van der Waals surface area (Å²) in [6, 6.07) is 13.8. The first kappa shape index (κ1) is 18.4. The summed E-state index contributed by atoms with van der Waals surface area (Å²) in [5.41, 5.74) is 3.83. The maximum atomic E-state index is 12.4. The van der Waals surface area contributed by atoms with E-state index in [9.17, 15) is 4.79 Å². The van der Waals surface area contributed by atoms with Crippen LogP contribution in [0.5, 0.6) is 0 Å². The van der Waals surface area contributed by atoms with E-state index in [0.29, 0.717) is 29.6 Å². The molecule has 2 fully saturated rings.